The van der Waals surface area contributed by atoms with Crippen LogP contribution in [0.5, 0.6) is 0 Å². The van der Waals surface area contributed by atoms with Crippen molar-refractivity contribution in [3.63, 3.8) is 0 Å². The third kappa shape index (κ3) is 1.82. The Kier molecular flexibility index (Phi) is 3.03. The van der Waals surface area contributed by atoms with Gasteiger partial charge >= 0.3 is 0 Å². The van der Waals surface area contributed by atoms with Gasteiger partial charge in [0, 0.05) is 11.1 Å². The van der Waals surface area contributed by atoms with Gasteiger partial charge in [0.1, 0.15) is 0 Å². The summed E-state index contributed by atoms with van der Waals surface area (Å²) >= 11 is 3.71. The molecule has 0 spiro atoms. The molecular weight excluding hydrogens is 264 g/mol. The van der Waals surface area contributed by atoms with Crippen molar-refractivity contribution in [3.05, 3.63) is 33.3 Å². The molecule has 1 nitrogen and oxygen atoms in total. The number of rotatable bonds is 1. The van der Waals surface area contributed by atoms with Gasteiger partial charge in [-0.05, 0) is 61.3 Å². The zero-order valence-electron chi connectivity index (χ0n) is 9.47. The van der Waals surface area contributed by atoms with Crippen molar-refractivity contribution < 1.29 is 4.74 Å². The molecule has 0 aromatic heterocycles. The van der Waals surface area contributed by atoms with Crippen molar-refractivity contribution in [2.75, 3.05) is 6.61 Å². The van der Waals surface area contributed by atoms with Crippen LogP contribution in [0.1, 0.15) is 48.5 Å². The quantitative estimate of drug-likeness (QED) is 0.750. The Hall–Kier alpha value is -0.340. The van der Waals surface area contributed by atoms with Crippen LogP contribution < -0.4 is 0 Å². The second-order valence-electron chi connectivity index (χ2n) is 4.81. The van der Waals surface area contributed by atoms with Crippen LogP contribution in [-0.2, 0) is 17.6 Å². The van der Waals surface area contributed by atoms with Crippen LogP contribution in [0.25, 0.3) is 0 Å². The van der Waals surface area contributed by atoms with E-state index in [2.05, 4.69) is 28.1 Å². The largest absolute Gasteiger partial charge is 0.373 e. The number of hydrogen-bond acceptors (Lipinski definition) is 1. The summed E-state index contributed by atoms with van der Waals surface area (Å²) in [6.07, 6.45) is 7.92. The molecule has 1 fully saturated rings. The average Bonchev–Trinajstić information content (AvgIpc) is 2.82. The highest BCUT2D eigenvalue weighted by atomic mass is 79.9. The van der Waals surface area contributed by atoms with Gasteiger partial charge in [-0.25, -0.2) is 0 Å². The van der Waals surface area contributed by atoms with E-state index in [4.69, 9.17) is 4.74 Å². The second kappa shape index (κ2) is 4.50. The van der Waals surface area contributed by atoms with Gasteiger partial charge in [0.2, 0.25) is 0 Å². The predicted octanol–water partition coefficient (Wildman–Crippen LogP) is 4.18. The lowest BCUT2D eigenvalue weighted by Gasteiger charge is -2.23. The molecular formula is C14H17BrO. The molecule has 1 atom stereocenters. The maximum absolute atomic E-state index is 5.86. The van der Waals surface area contributed by atoms with E-state index in [1.54, 1.807) is 11.1 Å². The summed E-state index contributed by atoms with van der Waals surface area (Å²) in [6.45, 7) is 0.931. The van der Waals surface area contributed by atoms with Crippen LogP contribution in [0, 0.1) is 0 Å². The summed E-state index contributed by atoms with van der Waals surface area (Å²) in [5, 5.41) is 0. The SMILES string of the molecule is Brc1ccc2c(c1C1CCCO1)CCCC2. The van der Waals surface area contributed by atoms with Gasteiger partial charge < -0.3 is 4.74 Å². The molecule has 1 aliphatic heterocycles. The van der Waals surface area contributed by atoms with E-state index in [0.29, 0.717) is 6.10 Å². The molecule has 1 aromatic carbocycles. The fourth-order valence-corrected chi connectivity index (χ4v) is 3.61. The average molecular weight is 281 g/mol. The highest BCUT2D eigenvalue weighted by Gasteiger charge is 2.25. The Morgan fingerprint density at radius 2 is 2.00 bits per heavy atom. The summed E-state index contributed by atoms with van der Waals surface area (Å²) in [6, 6.07) is 4.50. The maximum atomic E-state index is 5.86. The Morgan fingerprint density at radius 1 is 1.12 bits per heavy atom. The maximum Gasteiger partial charge on any atom is 0.0839 e. The van der Waals surface area contributed by atoms with E-state index in [9.17, 15) is 0 Å². The zero-order chi connectivity index (χ0) is 11.0. The minimum atomic E-state index is 0.349. The molecule has 16 heavy (non-hydrogen) atoms. The number of aryl methyl sites for hydroxylation is 1. The lowest BCUT2D eigenvalue weighted by atomic mass is 9.86. The van der Waals surface area contributed by atoms with Gasteiger partial charge in [0.25, 0.3) is 0 Å². The van der Waals surface area contributed by atoms with Crippen LogP contribution in [0.2, 0.25) is 0 Å². The molecule has 2 heteroatoms. The van der Waals surface area contributed by atoms with E-state index in [-0.39, 0.29) is 0 Å². The molecule has 0 radical (unpaired) electrons. The first-order chi connectivity index (χ1) is 7.86. The van der Waals surface area contributed by atoms with Crippen molar-refractivity contribution in [1.82, 2.24) is 0 Å². The minimum Gasteiger partial charge on any atom is -0.373 e. The molecule has 1 saturated heterocycles. The van der Waals surface area contributed by atoms with Crippen LogP contribution >= 0.6 is 15.9 Å². The van der Waals surface area contributed by atoms with Crippen LogP contribution in [0.15, 0.2) is 16.6 Å². The van der Waals surface area contributed by atoms with E-state index < -0.39 is 0 Å². The summed E-state index contributed by atoms with van der Waals surface area (Å²) in [5.74, 6) is 0. The molecule has 3 rings (SSSR count). The molecule has 86 valence electrons. The fourth-order valence-electron chi connectivity index (χ4n) is 2.98. The smallest absolute Gasteiger partial charge is 0.0839 e. The van der Waals surface area contributed by atoms with Gasteiger partial charge in [0.05, 0.1) is 6.10 Å². The van der Waals surface area contributed by atoms with Gasteiger partial charge in [-0.15, -0.1) is 0 Å². The van der Waals surface area contributed by atoms with Crippen molar-refractivity contribution in [2.45, 2.75) is 44.6 Å². The summed E-state index contributed by atoms with van der Waals surface area (Å²) in [7, 11) is 0. The second-order valence-corrected chi connectivity index (χ2v) is 5.66. The molecule has 0 amide bonds. The normalized spacial score (nSPS) is 24.4. The van der Waals surface area contributed by atoms with Crippen molar-refractivity contribution in [3.8, 4) is 0 Å². The van der Waals surface area contributed by atoms with Gasteiger partial charge in [-0.1, -0.05) is 22.0 Å². The Bertz CT molecular complexity index is 394. The molecule has 0 bridgehead atoms. The van der Waals surface area contributed by atoms with Crippen LogP contribution in [0.4, 0.5) is 0 Å². The lowest BCUT2D eigenvalue weighted by Crippen LogP contribution is -2.10. The van der Waals surface area contributed by atoms with E-state index in [1.807, 2.05) is 0 Å². The lowest BCUT2D eigenvalue weighted by molar-refractivity contribution is 0.110. The van der Waals surface area contributed by atoms with E-state index in [0.717, 1.165) is 6.61 Å². The third-order valence-electron chi connectivity index (χ3n) is 3.78. The third-order valence-corrected chi connectivity index (χ3v) is 4.47. The van der Waals surface area contributed by atoms with E-state index in [1.165, 1.54) is 48.6 Å². The zero-order valence-corrected chi connectivity index (χ0v) is 11.1. The molecule has 1 aromatic rings. The van der Waals surface area contributed by atoms with Gasteiger partial charge in [-0.3, -0.25) is 0 Å². The summed E-state index contributed by atoms with van der Waals surface area (Å²) < 4.78 is 7.11. The molecule has 1 aliphatic carbocycles. The van der Waals surface area contributed by atoms with Gasteiger partial charge in [-0.2, -0.15) is 0 Å². The first-order valence-corrected chi connectivity index (χ1v) is 7.07. The Morgan fingerprint density at radius 3 is 2.81 bits per heavy atom. The number of fused-ring (bicyclic) bond motifs is 1. The van der Waals surface area contributed by atoms with Crippen molar-refractivity contribution in [1.29, 1.82) is 0 Å². The minimum absolute atomic E-state index is 0.349. The van der Waals surface area contributed by atoms with Crippen LogP contribution in [0.3, 0.4) is 0 Å². The van der Waals surface area contributed by atoms with Gasteiger partial charge in [0.15, 0.2) is 0 Å². The number of hydrogen-bond donors (Lipinski definition) is 0. The van der Waals surface area contributed by atoms with E-state index >= 15 is 0 Å². The Balaban J connectivity index is 2.06. The van der Waals surface area contributed by atoms with Crippen molar-refractivity contribution in [2.24, 2.45) is 0 Å². The monoisotopic (exact) mass is 280 g/mol. The molecule has 2 aliphatic rings. The standard InChI is InChI=1S/C14H17BrO/c15-12-8-7-10-4-1-2-5-11(10)14(12)13-6-3-9-16-13/h7-8,13H,1-6,9H2. The highest BCUT2D eigenvalue weighted by molar-refractivity contribution is 9.10. The molecule has 0 N–H and O–H groups in total. The van der Waals surface area contributed by atoms with Crippen molar-refractivity contribution >= 4 is 15.9 Å². The fraction of sp³-hybridized carbons (Fsp3) is 0.571. The summed E-state index contributed by atoms with van der Waals surface area (Å²) in [5.41, 5.74) is 4.59. The number of halogens is 1. The first-order valence-electron chi connectivity index (χ1n) is 6.28. The molecule has 1 unspecified atom stereocenters. The summed E-state index contributed by atoms with van der Waals surface area (Å²) in [4.78, 5) is 0. The number of ether oxygens (including phenoxy) is 1. The predicted molar refractivity (Wildman–Crippen MR) is 68.7 cm³/mol. The topological polar surface area (TPSA) is 9.23 Å². The first kappa shape index (κ1) is 10.8. The molecule has 0 saturated carbocycles. The molecule has 1 heterocycles. The highest BCUT2D eigenvalue weighted by Crippen LogP contribution is 2.39. The van der Waals surface area contributed by atoms with Crippen LogP contribution in [-0.4, -0.2) is 6.61 Å². The number of benzene rings is 1. The Labute approximate surface area is 105 Å².